The zero-order chi connectivity index (χ0) is 21.4. The van der Waals surface area contributed by atoms with Gasteiger partial charge in [-0.1, -0.05) is 12.1 Å². The molecule has 29 heavy (non-hydrogen) atoms. The van der Waals surface area contributed by atoms with Crippen LogP contribution in [0, 0.1) is 0 Å². The summed E-state index contributed by atoms with van der Waals surface area (Å²) in [5, 5.41) is 2.17. The highest BCUT2D eigenvalue weighted by Gasteiger charge is 2.30. The van der Waals surface area contributed by atoms with Crippen LogP contribution in [0.15, 0.2) is 57.7 Å². The Morgan fingerprint density at radius 3 is 2.34 bits per heavy atom. The normalized spacial score (nSPS) is 12.5. The molecule has 0 aliphatic carbocycles. The van der Waals surface area contributed by atoms with Crippen LogP contribution in [0.3, 0.4) is 0 Å². The van der Waals surface area contributed by atoms with Crippen molar-refractivity contribution in [2.75, 3.05) is 14.1 Å². The van der Waals surface area contributed by atoms with E-state index in [0.29, 0.717) is 16.3 Å². The summed E-state index contributed by atoms with van der Waals surface area (Å²) in [5.74, 6) is 0. The molecule has 1 aromatic carbocycles. The van der Waals surface area contributed by atoms with E-state index < -0.39 is 27.3 Å². The summed E-state index contributed by atoms with van der Waals surface area (Å²) in [7, 11) is -0.918. The number of benzene rings is 1. The van der Waals surface area contributed by atoms with Gasteiger partial charge in [-0.3, -0.25) is 4.79 Å². The summed E-state index contributed by atoms with van der Waals surface area (Å²) in [4.78, 5) is 16.4. The van der Waals surface area contributed by atoms with E-state index in [4.69, 9.17) is 0 Å². The topological polar surface area (TPSA) is 72.3 Å². The van der Waals surface area contributed by atoms with Crippen LogP contribution >= 0.6 is 11.3 Å². The zero-order valence-corrected chi connectivity index (χ0v) is 17.0. The van der Waals surface area contributed by atoms with Gasteiger partial charge in [-0.05, 0) is 18.2 Å². The van der Waals surface area contributed by atoms with Crippen LogP contribution in [0.4, 0.5) is 13.2 Å². The molecule has 154 valence electrons. The fraction of sp³-hybridized carbons (Fsp3) is 0.222. The van der Waals surface area contributed by atoms with E-state index in [1.807, 2.05) is 0 Å². The van der Waals surface area contributed by atoms with Gasteiger partial charge in [0.1, 0.15) is 5.01 Å². The SMILES string of the molecule is CN(C)S(=O)(=O)c1ccc(=O)n(Cc2csc(-c3ccc(C(F)(F)F)cc3)n2)c1. The molecule has 0 saturated carbocycles. The van der Waals surface area contributed by atoms with Crippen molar-refractivity contribution in [1.82, 2.24) is 13.9 Å². The molecule has 3 aromatic rings. The van der Waals surface area contributed by atoms with Crippen molar-refractivity contribution in [3.05, 3.63) is 69.6 Å². The summed E-state index contributed by atoms with van der Waals surface area (Å²) >= 11 is 1.22. The Labute approximate surface area is 168 Å². The number of alkyl halides is 3. The van der Waals surface area contributed by atoms with Gasteiger partial charge in [-0.15, -0.1) is 11.3 Å². The van der Waals surface area contributed by atoms with Gasteiger partial charge < -0.3 is 4.57 Å². The van der Waals surface area contributed by atoms with Crippen LogP contribution < -0.4 is 5.56 Å². The fourth-order valence-electron chi connectivity index (χ4n) is 2.48. The molecule has 0 bridgehead atoms. The van der Waals surface area contributed by atoms with Crippen molar-refractivity contribution < 1.29 is 21.6 Å². The Morgan fingerprint density at radius 1 is 1.10 bits per heavy atom. The van der Waals surface area contributed by atoms with E-state index in [1.165, 1.54) is 60.5 Å². The number of hydrogen-bond acceptors (Lipinski definition) is 5. The second-order valence-electron chi connectivity index (χ2n) is 6.34. The first kappa shape index (κ1) is 21.2. The molecule has 11 heteroatoms. The minimum atomic E-state index is -4.41. The molecule has 0 unspecified atom stereocenters. The third kappa shape index (κ3) is 4.57. The van der Waals surface area contributed by atoms with Crippen molar-refractivity contribution >= 4 is 21.4 Å². The summed E-state index contributed by atoms with van der Waals surface area (Å²) < 4.78 is 64.8. The van der Waals surface area contributed by atoms with E-state index in [-0.39, 0.29) is 11.4 Å². The number of rotatable bonds is 5. The lowest BCUT2D eigenvalue weighted by atomic mass is 10.1. The molecular weight excluding hydrogens is 427 g/mol. The highest BCUT2D eigenvalue weighted by molar-refractivity contribution is 7.89. The number of pyridine rings is 1. The van der Waals surface area contributed by atoms with Crippen LogP contribution in [0.1, 0.15) is 11.3 Å². The second kappa shape index (κ2) is 7.73. The molecule has 0 atom stereocenters. The maximum Gasteiger partial charge on any atom is 0.416 e. The van der Waals surface area contributed by atoms with Crippen LogP contribution in [-0.2, 0) is 22.7 Å². The smallest absolute Gasteiger partial charge is 0.308 e. The first-order valence-corrected chi connectivity index (χ1v) is 10.6. The highest BCUT2D eigenvalue weighted by Crippen LogP contribution is 2.31. The molecule has 0 aliphatic rings. The lowest BCUT2D eigenvalue weighted by Crippen LogP contribution is -2.26. The predicted molar refractivity (Wildman–Crippen MR) is 103 cm³/mol. The number of aromatic nitrogens is 2. The van der Waals surface area contributed by atoms with Crippen LogP contribution in [0.5, 0.6) is 0 Å². The molecule has 0 saturated heterocycles. The number of sulfonamides is 1. The van der Waals surface area contributed by atoms with Crippen LogP contribution in [0.25, 0.3) is 10.6 Å². The Balaban J connectivity index is 1.86. The van der Waals surface area contributed by atoms with Gasteiger partial charge in [-0.25, -0.2) is 17.7 Å². The van der Waals surface area contributed by atoms with Crippen molar-refractivity contribution in [3.63, 3.8) is 0 Å². The molecule has 0 spiro atoms. The number of nitrogens with zero attached hydrogens (tertiary/aromatic N) is 3. The van der Waals surface area contributed by atoms with Crippen molar-refractivity contribution in [3.8, 4) is 10.6 Å². The molecule has 0 N–H and O–H groups in total. The maximum absolute atomic E-state index is 12.7. The van der Waals surface area contributed by atoms with Crippen molar-refractivity contribution in [1.29, 1.82) is 0 Å². The van der Waals surface area contributed by atoms with Gasteiger partial charge in [0.25, 0.3) is 5.56 Å². The monoisotopic (exact) mass is 443 g/mol. The van der Waals surface area contributed by atoms with Crippen molar-refractivity contribution in [2.45, 2.75) is 17.6 Å². The van der Waals surface area contributed by atoms with Gasteiger partial charge in [0.05, 0.1) is 22.7 Å². The van der Waals surface area contributed by atoms with Gasteiger partial charge in [0, 0.05) is 37.3 Å². The van der Waals surface area contributed by atoms with Gasteiger partial charge in [0.2, 0.25) is 10.0 Å². The average Bonchev–Trinajstić information content (AvgIpc) is 3.11. The van der Waals surface area contributed by atoms with Crippen LogP contribution in [-0.4, -0.2) is 36.4 Å². The Morgan fingerprint density at radius 2 is 1.76 bits per heavy atom. The minimum absolute atomic E-state index is 0.0275. The third-order valence-electron chi connectivity index (χ3n) is 4.08. The first-order chi connectivity index (χ1) is 13.5. The number of halogens is 3. The van der Waals surface area contributed by atoms with Gasteiger partial charge >= 0.3 is 6.18 Å². The van der Waals surface area contributed by atoms with Gasteiger partial charge in [0.15, 0.2) is 0 Å². The largest absolute Gasteiger partial charge is 0.416 e. The quantitative estimate of drug-likeness (QED) is 0.607. The highest BCUT2D eigenvalue weighted by atomic mass is 32.2. The molecule has 3 rings (SSSR count). The van der Waals surface area contributed by atoms with Crippen LogP contribution in [0.2, 0.25) is 0 Å². The number of thiazole rings is 1. The lowest BCUT2D eigenvalue weighted by molar-refractivity contribution is -0.137. The van der Waals surface area contributed by atoms with E-state index in [0.717, 1.165) is 16.4 Å². The third-order valence-corrected chi connectivity index (χ3v) is 6.82. The minimum Gasteiger partial charge on any atom is -0.308 e. The molecule has 2 aromatic heterocycles. The fourth-order valence-corrected chi connectivity index (χ4v) is 4.22. The molecule has 2 heterocycles. The summed E-state index contributed by atoms with van der Waals surface area (Å²) in [6.45, 7) is 0.0345. The Hall–Kier alpha value is -2.50. The summed E-state index contributed by atoms with van der Waals surface area (Å²) in [6, 6.07) is 7.04. The van der Waals surface area contributed by atoms with E-state index >= 15 is 0 Å². The summed E-state index contributed by atoms with van der Waals surface area (Å²) in [5.41, 5.74) is -0.132. The van der Waals surface area contributed by atoms with Gasteiger partial charge in [-0.2, -0.15) is 13.2 Å². The van der Waals surface area contributed by atoms with E-state index in [1.54, 1.807) is 5.38 Å². The molecule has 6 nitrogen and oxygen atoms in total. The predicted octanol–water partition coefficient (Wildman–Crippen LogP) is 3.29. The van der Waals surface area contributed by atoms with E-state index in [2.05, 4.69) is 4.98 Å². The molecule has 0 aliphatic heterocycles. The Bertz CT molecular complexity index is 1180. The zero-order valence-electron chi connectivity index (χ0n) is 15.3. The summed E-state index contributed by atoms with van der Waals surface area (Å²) in [6.07, 6.45) is -3.17. The second-order valence-corrected chi connectivity index (χ2v) is 9.35. The molecule has 0 amide bonds. The Kier molecular flexibility index (Phi) is 5.65. The standard InChI is InChI=1S/C18H16F3N3O3S2/c1-23(2)29(26,27)15-7-8-16(25)24(10-15)9-14-11-28-17(22-14)12-3-5-13(6-4-12)18(19,20)21/h3-8,10-11H,9H2,1-2H3. The maximum atomic E-state index is 12.7. The molecular formula is C18H16F3N3O3S2. The molecule has 0 fully saturated rings. The van der Waals surface area contributed by atoms with E-state index in [9.17, 15) is 26.4 Å². The first-order valence-electron chi connectivity index (χ1n) is 8.23. The van der Waals surface area contributed by atoms with Crippen molar-refractivity contribution in [2.24, 2.45) is 0 Å². The number of hydrogen-bond donors (Lipinski definition) is 0. The lowest BCUT2D eigenvalue weighted by Gasteiger charge is -2.12. The average molecular weight is 443 g/mol. The molecule has 0 radical (unpaired) electrons.